The van der Waals surface area contributed by atoms with Crippen LogP contribution in [0.2, 0.25) is 0 Å². The maximum absolute atomic E-state index is 11.4. The van der Waals surface area contributed by atoms with Crippen molar-refractivity contribution in [3.63, 3.8) is 0 Å². The molecule has 0 saturated heterocycles. The average molecular weight is 251 g/mol. The predicted molar refractivity (Wildman–Crippen MR) is 65.9 cm³/mol. The van der Waals surface area contributed by atoms with E-state index in [9.17, 15) is 14.7 Å². The number of aliphatic hydroxyl groups is 1. The van der Waals surface area contributed by atoms with Crippen LogP contribution in [0.4, 0.5) is 0 Å². The molecule has 0 aliphatic carbocycles. The number of carboxylic acid groups (broad SMARTS) is 1. The lowest BCUT2D eigenvalue weighted by atomic mass is 10.0. The van der Waals surface area contributed by atoms with Gasteiger partial charge in [-0.25, -0.2) is 4.79 Å². The third-order valence-electron chi connectivity index (χ3n) is 2.52. The van der Waals surface area contributed by atoms with Gasteiger partial charge in [-0.1, -0.05) is 37.3 Å². The molecule has 2 unspecified atom stereocenters. The first-order valence-corrected chi connectivity index (χ1v) is 5.81. The number of amides is 1. The van der Waals surface area contributed by atoms with Crippen LogP contribution in [-0.4, -0.2) is 28.1 Å². The second-order valence-electron chi connectivity index (χ2n) is 3.99. The van der Waals surface area contributed by atoms with Gasteiger partial charge in [-0.2, -0.15) is 0 Å². The summed E-state index contributed by atoms with van der Waals surface area (Å²) in [6, 6.07) is 7.07. The third-order valence-corrected chi connectivity index (χ3v) is 2.52. The Morgan fingerprint density at radius 3 is 2.39 bits per heavy atom. The maximum Gasteiger partial charge on any atom is 0.329 e. The fourth-order valence-corrected chi connectivity index (χ4v) is 1.59. The summed E-state index contributed by atoms with van der Waals surface area (Å²) in [7, 11) is 0. The molecule has 0 fully saturated rings. The number of aliphatic hydroxyl groups excluding tert-OH is 1. The van der Waals surface area contributed by atoms with Crippen molar-refractivity contribution < 1.29 is 19.8 Å². The molecule has 0 aliphatic rings. The molecule has 3 N–H and O–H groups in total. The Morgan fingerprint density at radius 2 is 1.89 bits per heavy atom. The highest BCUT2D eigenvalue weighted by Crippen LogP contribution is 2.16. The van der Waals surface area contributed by atoms with Crippen molar-refractivity contribution in [1.82, 2.24) is 5.32 Å². The topological polar surface area (TPSA) is 86.6 Å². The summed E-state index contributed by atoms with van der Waals surface area (Å²) in [6.07, 6.45) is -0.394. The molecular weight excluding hydrogens is 234 g/mol. The first-order valence-electron chi connectivity index (χ1n) is 5.81. The van der Waals surface area contributed by atoms with Gasteiger partial charge < -0.3 is 15.5 Å². The second kappa shape index (κ2) is 6.76. The summed E-state index contributed by atoms with van der Waals surface area (Å²) in [6.45, 7) is 1.82. The van der Waals surface area contributed by atoms with Crippen molar-refractivity contribution >= 4 is 11.9 Å². The molecule has 0 saturated carbocycles. The maximum atomic E-state index is 11.4. The van der Waals surface area contributed by atoms with E-state index in [0.29, 0.717) is 12.0 Å². The monoisotopic (exact) mass is 251 g/mol. The van der Waals surface area contributed by atoms with E-state index in [1.807, 2.05) is 6.92 Å². The Morgan fingerprint density at radius 1 is 1.28 bits per heavy atom. The third kappa shape index (κ3) is 3.85. The van der Waals surface area contributed by atoms with Crippen molar-refractivity contribution in [2.45, 2.75) is 31.9 Å². The highest BCUT2D eigenvalue weighted by Gasteiger charge is 2.28. The summed E-state index contributed by atoms with van der Waals surface area (Å²) in [5.74, 6) is -1.63. The number of aliphatic carboxylic acids is 1. The van der Waals surface area contributed by atoms with Gasteiger partial charge >= 0.3 is 5.97 Å². The van der Waals surface area contributed by atoms with E-state index >= 15 is 0 Å². The van der Waals surface area contributed by atoms with E-state index in [1.165, 1.54) is 0 Å². The Bertz CT molecular complexity index is 405. The summed E-state index contributed by atoms with van der Waals surface area (Å²) < 4.78 is 0. The number of nitrogens with one attached hydrogen (secondary N) is 1. The Hall–Kier alpha value is -1.88. The van der Waals surface area contributed by atoms with Gasteiger partial charge in [0.25, 0.3) is 0 Å². The first-order chi connectivity index (χ1) is 8.56. The zero-order valence-corrected chi connectivity index (χ0v) is 10.2. The zero-order chi connectivity index (χ0) is 13.5. The number of hydrogen-bond donors (Lipinski definition) is 3. The Balaban J connectivity index is 2.79. The predicted octanol–water partition coefficient (Wildman–Crippen LogP) is 1.09. The van der Waals surface area contributed by atoms with E-state index in [0.717, 1.165) is 0 Å². The van der Waals surface area contributed by atoms with Crippen molar-refractivity contribution in [2.75, 3.05) is 0 Å². The van der Waals surface area contributed by atoms with Crippen molar-refractivity contribution in [3.8, 4) is 0 Å². The molecule has 98 valence electrons. The van der Waals surface area contributed by atoms with Crippen LogP contribution >= 0.6 is 0 Å². The van der Waals surface area contributed by atoms with E-state index in [2.05, 4.69) is 5.32 Å². The number of carbonyl (C=O) groups is 2. The SMILES string of the molecule is CCCC(=O)NC(C(=O)O)C(O)c1ccccc1. The highest BCUT2D eigenvalue weighted by atomic mass is 16.4. The van der Waals surface area contributed by atoms with Gasteiger partial charge in [0.2, 0.25) is 5.91 Å². The lowest BCUT2D eigenvalue weighted by Gasteiger charge is -2.20. The van der Waals surface area contributed by atoms with Crippen LogP contribution in [0.5, 0.6) is 0 Å². The number of carboxylic acids is 1. The molecule has 1 rings (SSSR count). The van der Waals surface area contributed by atoms with Crippen LogP contribution in [0.1, 0.15) is 31.4 Å². The van der Waals surface area contributed by atoms with Crippen molar-refractivity contribution in [2.24, 2.45) is 0 Å². The minimum absolute atomic E-state index is 0.241. The molecule has 0 radical (unpaired) electrons. The molecule has 5 nitrogen and oxygen atoms in total. The van der Waals surface area contributed by atoms with Crippen LogP contribution in [-0.2, 0) is 9.59 Å². The number of hydrogen-bond acceptors (Lipinski definition) is 3. The molecule has 18 heavy (non-hydrogen) atoms. The van der Waals surface area contributed by atoms with Gasteiger partial charge in [0, 0.05) is 6.42 Å². The molecule has 1 aromatic carbocycles. The van der Waals surface area contributed by atoms with E-state index in [1.54, 1.807) is 30.3 Å². The van der Waals surface area contributed by atoms with E-state index in [-0.39, 0.29) is 12.3 Å². The van der Waals surface area contributed by atoms with Crippen LogP contribution in [0.25, 0.3) is 0 Å². The molecule has 0 aromatic heterocycles. The van der Waals surface area contributed by atoms with Gasteiger partial charge in [-0.3, -0.25) is 4.79 Å². The minimum Gasteiger partial charge on any atom is -0.480 e. The molecule has 2 atom stereocenters. The number of benzene rings is 1. The number of rotatable bonds is 6. The largest absolute Gasteiger partial charge is 0.480 e. The fraction of sp³-hybridized carbons (Fsp3) is 0.385. The minimum atomic E-state index is -1.33. The Labute approximate surface area is 105 Å². The van der Waals surface area contributed by atoms with Gasteiger partial charge in [0.1, 0.15) is 6.10 Å². The standard InChI is InChI=1S/C13H17NO4/c1-2-6-10(15)14-11(13(17)18)12(16)9-7-4-3-5-8-9/h3-5,7-8,11-12,16H,2,6H2,1H3,(H,14,15)(H,17,18). The molecule has 1 aromatic rings. The lowest BCUT2D eigenvalue weighted by Crippen LogP contribution is -2.44. The highest BCUT2D eigenvalue weighted by molar-refractivity contribution is 5.84. The van der Waals surface area contributed by atoms with Gasteiger partial charge in [-0.05, 0) is 12.0 Å². The average Bonchev–Trinajstić information content (AvgIpc) is 2.36. The fourth-order valence-electron chi connectivity index (χ4n) is 1.59. The molecular formula is C13H17NO4. The molecule has 0 bridgehead atoms. The molecule has 1 amide bonds. The summed E-state index contributed by atoms with van der Waals surface area (Å²) >= 11 is 0. The second-order valence-corrected chi connectivity index (χ2v) is 3.99. The Kier molecular flexibility index (Phi) is 5.32. The zero-order valence-electron chi connectivity index (χ0n) is 10.2. The molecule has 0 heterocycles. The lowest BCUT2D eigenvalue weighted by molar-refractivity contribution is -0.145. The van der Waals surface area contributed by atoms with Crippen LogP contribution < -0.4 is 5.32 Å². The smallest absolute Gasteiger partial charge is 0.329 e. The van der Waals surface area contributed by atoms with Gasteiger partial charge in [0.05, 0.1) is 0 Å². The molecule has 0 spiro atoms. The molecule has 5 heteroatoms. The molecule has 0 aliphatic heterocycles. The van der Waals surface area contributed by atoms with Crippen molar-refractivity contribution in [3.05, 3.63) is 35.9 Å². The van der Waals surface area contributed by atoms with Gasteiger partial charge in [0.15, 0.2) is 6.04 Å². The van der Waals surface area contributed by atoms with Crippen LogP contribution in [0, 0.1) is 0 Å². The first kappa shape index (κ1) is 14.2. The van der Waals surface area contributed by atoms with Crippen molar-refractivity contribution in [1.29, 1.82) is 0 Å². The quantitative estimate of drug-likeness (QED) is 0.706. The van der Waals surface area contributed by atoms with Crippen LogP contribution in [0.3, 0.4) is 0 Å². The van der Waals surface area contributed by atoms with Gasteiger partial charge in [-0.15, -0.1) is 0 Å². The van der Waals surface area contributed by atoms with E-state index < -0.39 is 18.1 Å². The summed E-state index contributed by atoms with van der Waals surface area (Å²) in [5, 5.41) is 21.3. The normalized spacial score (nSPS) is 13.7. The number of carbonyl (C=O) groups excluding carboxylic acids is 1. The van der Waals surface area contributed by atoms with Crippen LogP contribution in [0.15, 0.2) is 30.3 Å². The summed E-state index contributed by atoms with van der Waals surface area (Å²) in [4.78, 5) is 22.5. The summed E-state index contributed by atoms with van der Waals surface area (Å²) in [5.41, 5.74) is 0.460. The van der Waals surface area contributed by atoms with E-state index in [4.69, 9.17) is 5.11 Å².